The average molecular weight is 454 g/mol. The van der Waals surface area contributed by atoms with Gasteiger partial charge in [-0.25, -0.2) is 0 Å². The predicted octanol–water partition coefficient (Wildman–Crippen LogP) is 7.16. The number of halogens is 1. The average Bonchev–Trinajstić information content (AvgIpc) is 2.78. The van der Waals surface area contributed by atoms with Crippen LogP contribution in [0.3, 0.4) is 0 Å². The first-order valence-corrected chi connectivity index (χ1v) is 11.7. The number of hydrogen-bond acceptors (Lipinski definition) is 3. The smallest absolute Gasteiger partial charge is 0.251 e. The Morgan fingerprint density at radius 3 is 2.19 bits per heavy atom. The summed E-state index contributed by atoms with van der Waals surface area (Å²) < 4.78 is 5.25. The minimum atomic E-state index is -0.0571. The molecule has 3 nitrogen and oxygen atoms in total. The summed E-state index contributed by atoms with van der Waals surface area (Å²) in [5.74, 6) is 2.05. The van der Waals surface area contributed by atoms with Crippen molar-refractivity contribution in [3.05, 3.63) is 94.5 Å². The highest BCUT2D eigenvalue weighted by atomic mass is 35.5. The number of carbonyl (C=O) groups excluding carboxylic acids is 1. The summed E-state index contributed by atoms with van der Waals surface area (Å²) in [4.78, 5) is 14.1. The van der Waals surface area contributed by atoms with Gasteiger partial charge in [-0.15, -0.1) is 11.8 Å². The standard InChI is InChI=1S/C26H28ClNO2S/c1-18(2)16-25(20-8-12-23(30-3)13-9-20)28-26(29)21-6-4-19(5-7-21)17-31-24-14-10-22(27)11-15-24/h4-15,18,25H,16-17H2,1-3H3,(H,28,29)/t25-/m0/s1. The quantitative estimate of drug-likeness (QED) is 0.349. The minimum Gasteiger partial charge on any atom is -0.497 e. The number of hydrogen-bond donors (Lipinski definition) is 1. The van der Waals surface area contributed by atoms with E-state index < -0.39 is 0 Å². The van der Waals surface area contributed by atoms with Crippen molar-refractivity contribution in [2.75, 3.05) is 7.11 Å². The van der Waals surface area contributed by atoms with Gasteiger partial charge in [0.2, 0.25) is 0 Å². The van der Waals surface area contributed by atoms with E-state index in [-0.39, 0.29) is 11.9 Å². The summed E-state index contributed by atoms with van der Waals surface area (Å²) in [6.45, 7) is 4.33. The monoisotopic (exact) mass is 453 g/mol. The van der Waals surface area contributed by atoms with E-state index in [1.54, 1.807) is 18.9 Å². The Bertz CT molecular complexity index is 970. The molecule has 3 rings (SSSR count). The van der Waals surface area contributed by atoms with Crippen LogP contribution in [0.25, 0.3) is 0 Å². The zero-order chi connectivity index (χ0) is 22.2. The van der Waals surface area contributed by atoms with E-state index in [0.29, 0.717) is 11.5 Å². The lowest BCUT2D eigenvalue weighted by Crippen LogP contribution is -2.29. The number of amides is 1. The van der Waals surface area contributed by atoms with Crippen LogP contribution in [0.1, 0.15) is 47.8 Å². The van der Waals surface area contributed by atoms with Crippen molar-refractivity contribution in [2.45, 2.75) is 37.0 Å². The maximum absolute atomic E-state index is 12.9. The van der Waals surface area contributed by atoms with Crippen molar-refractivity contribution in [3.63, 3.8) is 0 Å². The maximum atomic E-state index is 12.9. The summed E-state index contributed by atoms with van der Waals surface area (Å²) in [7, 11) is 1.65. The molecule has 162 valence electrons. The molecule has 0 saturated carbocycles. The van der Waals surface area contributed by atoms with E-state index in [9.17, 15) is 4.79 Å². The molecule has 0 heterocycles. The molecule has 0 aliphatic rings. The van der Waals surface area contributed by atoms with Gasteiger partial charge in [0.15, 0.2) is 0 Å². The first-order chi connectivity index (χ1) is 14.9. The number of rotatable bonds is 9. The van der Waals surface area contributed by atoms with Crippen molar-refractivity contribution >= 4 is 29.3 Å². The van der Waals surface area contributed by atoms with Crippen molar-refractivity contribution in [3.8, 4) is 5.75 Å². The first-order valence-electron chi connectivity index (χ1n) is 10.4. The molecule has 0 aliphatic heterocycles. The van der Waals surface area contributed by atoms with Gasteiger partial charge in [-0.05, 0) is 72.0 Å². The lowest BCUT2D eigenvalue weighted by molar-refractivity contribution is 0.0932. The highest BCUT2D eigenvalue weighted by Crippen LogP contribution is 2.26. The summed E-state index contributed by atoms with van der Waals surface area (Å²) in [5, 5.41) is 3.94. The zero-order valence-electron chi connectivity index (χ0n) is 18.1. The van der Waals surface area contributed by atoms with E-state index in [0.717, 1.165) is 28.5 Å². The fraction of sp³-hybridized carbons (Fsp3) is 0.269. The molecule has 3 aromatic rings. The van der Waals surface area contributed by atoms with Crippen LogP contribution in [-0.4, -0.2) is 13.0 Å². The molecule has 0 saturated heterocycles. The topological polar surface area (TPSA) is 38.3 Å². The third-order valence-corrected chi connectivity index (χ3v) is 6.30. The SMILES string of the molecule is COc1ccc([C@H](CC(C)C)NC(=O)c2ccc(CSc3ccc(Cl)cc3)cc2)cc1. The van der Waals surface area contributed by atoms with Crippen molar-refractivity contribution in [1.29, 1.82) is 0 Å². The normalized spacial score (nSPS) is 11.9. The Kier molecular flexibility index (Phi) is 8.44. The number of carbonyl (C=O) groups is 1. The number of thioether (sulfide) groups is 1. The van der Waals surface area contributed by atoms with Gasteiger partial charge in [0.1, 0.15) is 5.75 Å². The highest BCUT2D eigenvalue weighted by molar-refractivity contribution is 7.98. The van der Waals surface area contributed by atoms with Crippen LogP contribution in [0.2, 0.25) is 5.02 Å². The molecule has 1 amide bonds. The second-order valence-corrected chi connectivity index (χ2v) is 9.35. The van der Waals surface area contributed by atoms with Crippen LogP contribution < -0.4 is 10.1 Å². The number of nitrogens with one attached hydrogen (secondary N) is 1. The molecular weight excluding hydrogens is 426 g/mol. The fourth-order valence-corrected chi connectivity index (χ4v) is 4.26. The first kappa shape index (κ1) is 23.2. The molecule has 0 unspecified atom stereocenters. The molecule has 0 spiro atoms. The van der Waals surface area contributed by atoms with Crippen LogP contribution in [0.5, 0.6) is 5.75 Å². The summed E-state index contributed by atoms with van der Waals surface area (Å²) in [6, 6.07) is 23.5. The second-order valence-electron chi connectivity index (χ2n) is 7.87. The van der Waals surface area contributed by atoms with E-state index in [4.69, 9.17) is 16.3 Å². The summed E-state index contributed by atoms with van der Waals surface area (Å²) in [5.41, 5.74) is 2.92. The molecule has 5 heteroatoms. The molecule has 31 heavy (non-hydrogen) atoms. The van der Waals surface area contributed by atoms with E-state index >= 15 is 0 Å². The fourth-order valence-electron chi connectivity index (χ4n) is 3.28. The van der Waals surface area contributed by atoms with Crippen LogP contribution >= 0.6 is 23.4 Å². The Hall–Kier alpha value is -2.43. The number of ether oxygens (including phenoxy) is 1. The molecule has 1 N–H and O–H groups in total. The van der Waals surface area contributed by atoms with Gasteiger partial charge >= 0.3 is 0 Å². The van der Waals surface area contributed by atoms with Gasteiger partial charge in [-0.3, -0.25) is 4.79 Å². The Labute approximate surface area is 194 Å². The minimum absolute atomic E-state index is 0.0430. The molecular formula is C26H28ClNO2S. The highest BCUT2D eigenvalue weighted by Gasteiger charge is 2.17. The predicted molar refractivity (Wildman–Crippen MR) is 130 cm³/mol. The summed E-state index contributed by atoms with van der Waals surface area (Å²) in [6.07, 6.45) is 0.869. The van der Waals surface area contributed by atoms with Gasteiger partial charge in [-0.1, -0.05) is 49.7 Å². The van der Waals surface area contributed by atoms with Crippen molar-refractivity contribution < 1.29 is 9.53 Å². The lowest BCUT2D eigenvalue weighted by atomic mass is 9.96. The molecule has 0 aliphatic carbocycles. The largest absolute Gasteiger partial charge is 0.497 e. The van der Waals surface area contributed by atoms with E-state index in [1.807, 2.05) is 72.8 Å². The lowest BCUT2D eigenvalue weighted by Gasteiger charge is -2.21. The van der Waals surface area contributed by atoms with Crippen molar-refractivity contribution in [2.24, 2.45) is 5.92 Å². The zero-order valence-corrected chi connectivity index (χ0v) is 19.7. The van der Waals surface area contributed by atoms with E-state index in [1.165, 1.54) is 10.5 Å². The summed E-state index contributed by atoms with van der Waals surface area (Å²) >= 11 is 7.68. The molecule has 1 atom stereocenters. The molecule has 0 radical (unpaired) electrons. The van der Waals surface area contributed by atoms with Gasteiger partial charge in [0, 0.05) is 21.2 Å². The molecule has 0 aromatic heterocycles. The number of benzene rings is 3. The Balaban J connectivity index is 1.63. The molecule has 0 fully saturated rings. The van der Waals surface area contributed by atoms with Crippen LogP contribution in [0.4, 0.5) is 0 Å². The molecule has 0 bridgehead atoms. The number of methoxy groups -OCH3 is 1. The van der Waals surface area contributed by atoms with Gasteiger partial charge in [-0.2, -0.15) is 0 Å². The maximum Gasteiger partial charge on any atom is 0.251 e. The third kappa shape index (κ3) is 7.05. The third-order valence-electron chi connectivity index (χ3n) is 4.97. The Morgan fingerprint density at radius 1 is 0.968 bits per heavy atom. The van der Waals surface area contributed by atoms with E-state index in [2.05, 4.69) is 19.2 Å². The van der Waals surface area contributed by atoms with Gasteiger partial charge in [0.05, 0.1) is 13.2 Å². The van der Waals surface area contributed by atoms with Gasteiger partial charge < -0.3 is 10.1 Å². The van der Waals surface area contributed by atoms with Gasteiger partial charge in [0.25, 0.3) is 5.91 Å². The Morgan fingerprint density at radius 2 is 1.61 bits per heavy atom. The van der Waals surface area contributed by atoms with Crippen LogP contribution in [0, 0.1) is 5.92 Å². The second kappa shape index (κ2) is 11.3. The van der Waals surface area contributed by atoms with Crippen LogP contribution in [0.15, 0.2) is 77.7 Å². The molecule has 3 aromatic carbocycles. The van der Waals surface area contributed by atoms with Crippen molar-refractivity contribution in [1.82, 2.24) is 5.32 Å². The van der Waals surface area contributed by atoms with Crippen LogP contribution in [-0.2, 0) is 5.75 Å².